The third-order valence-electron chi connectivity index (χ3n) is 4.02. The van der Waals surface area contributed by atoms with Crippen LogP contribution in [-0.4, -0.2) is 6.04 Å². The Morgan fingerprint density at radius 2 is 1.73 bits per heavy atom. The summed E-state index contributed by atoms with van der Waals surface area (Å²) in [5.74, 6) is 0.757. The number of nitrogens with two attached hydrogens (primary N) is 1. The van der Waals surface area contributed by atoms with E-state index in [1.807, 2.05) is 0 Å². The van der Waals surface area contributed by atoms with Crippen molar-refractivity contribution in [1.29, 1.82) is 0 Å². The molecule has 0 atom stereocenters. The number of rotatable bonds is 1. The fourth-order valence-electron chi connectivity index (χ4n) is 2.94. The van der Waals surface area contributed by atoms with Gasteiger partial charge in [-0.1, -0.05) is 18.2 Å². The summed E-state index contributed by atoms with van der Waals surface area (Å²) < 4.78 is 0. The molecule has 80 valence electrons. The zero-order valence-corrected chi connectivity index (χ0v) is 9.21. The Morgan fingerprint density at radius 1 is 1.00 bits per heavy atom. The molecule has 2 N–H and O–H groups in total. The topological polar surface area (TPSA) is 26.0 Å². The first-order valence-electron chi connectivity index (χ1n) is 6.20. The van der Waals surface area contributed by atoms with Crippen LogP contribution in [0.4, 0.5) is 0 Å². The van der Waals surface area contributed by atoms with Crippen molar-refractivity contribution >= 4 is 0 Å². The molecular weight excluding hydrogens is 182 g/mol. The predicted octanol–water partition coefficient (Wildman–Crippen LogP) is 2.77. The maximum Gasteiger partial charge on any atom is 0.00504 e. The second kappa shape index (κ2) is 3.64. The molecule has 1 fully saturated rings. The standard InChI is InChI=1S/C14H19N/c15-14-8-13(9-14)12-6-5-10-3-1-2-4-11(10)7-12/h5-7,13-14H,1-4,8-9,15H2. The largest absolute Gasteiger partial charge is 0.328 e. The molecule has 0 unspecified atom stereocenters. The monoisotopic (exact) mass is 201 g/mol. The molecule has 0 spiro atoms. The highest BCUT2D eigenvalue weighted by Gasteiger charge is 2.27. The van der Waals surface area contributed by atoms with Crippen LogP contribution in [0.5, 0.6) is 0 Å². The molecule has 1 aromatic rings. The van der Waals surface area contributed by atoms with E-state index in [2.05, 4.69) is 18.2 Å². The first kappa shape index (κ1) is 9.41. The maximum atomic E-state index is 5.84. The second-order valence-electron chi connectivity index (χ2n) is 5.16. The lowest BCUT2D eigenvalue weighted by Crippen LogP contribution is -2.34. The molecule has 0 heterocycles. The molecule has 1 nitrogen and oxygen atoms in total. The Morgan fingerprint density at radius 3 is 2.47 bits per heavy atom. The average Bonchev–Trinajstić information content (AvgIpc) is 2.24. The molecule has 0 saturated heterocycles. The summed E-state index contributed by atoms with van der Waals surface area (Å²) in [4.78, 5) is 0. The van der Waals surface area contributed by atoms with Gasteiger partial charge in [-0.3, -0.25) is 0 Å². The van der Waals surface area contributed by atoms with Crippen molar-refractivity contribution in [2.75, 3.05) is 0 Å². The SMILES string of the molecule is NC1CC(c2ccc3c(c2)CCCC3)C1. The first-order chi connectivity index (χ1) is 7.33. The number of fused-ring (bicyclic) bond motifs is 1. The highest BCUT2D eigenvalue weighted by molar-refractivity contribution is 5.36. The maximum absolute atomic E-state index is 5.84. The minimum atomic E-state index is 0.464. The molecule has 15 heavy (non-hydrogen) atoms. The molecular formula is C14H19N. The van der Waals surface area contributed by atoms with Crippen LogP contribution in [0.2, 0.25) is 0 Å². The number of hydrogen-bond acceptors (Lipinski definition) is 1. The molecule has 2 aliphatic carbocycles. The molecule has 1 heteroatoms. The summed E-state index contributed by atoms with van der Waals surface area (Å²) in [6.45, 7) is 0. The van der Waals surface area contributed by atoms with Crippen LogP contribution in [0.3, 0.4) is 0 Å². The van der Waals surface area contributed by atoms with Crippen LogP contribution >= 0.6 is 0 Å². The van der Waals surface area contributed by atoms with Gasteiger partial charge in [-0.15, -0.1) is 0 Å². The highest BCUT2D eigenvalue weighted by atomic mass is 14.7. The minimum absolute atomic E-state index is 0.464. The van der Waals surface area contributed by atoms with Crippen molar-refractivity contribution in [1.82, 2.24) is 0 Å². The average molecular weight is 201 g/mol. The van der Waals surface area contributed by atoms with Gasteiger partial charge in [0.2, 0.25) is 0 Å². The summed E-state index contributed by atoms with van der Waals surface area (Å²) in [6, 6.07) is 7.60. The van der Waals surface area contributed by atoms with E-state index in [4.69, 9.17) is 5.73 Å². The van der Waals surface area contributed by atoms with Crippen LogP contribution < -0.4 is 5.73 Å². The van der Waals surface area contributed by atoms with E-state index in [0.29, 0.717) is 6.04 Å². The third-order valence-corrected chi connectivity index (χ3v) is 4.02. The van der Waals surface area contributed by atoms with Gasteiger partial charge in [-0.05, 0) is 61.1 Å². The quantitative estimate of drug-likeness (QED) is 0.743. The van der Waals surface area contributed by atoms with Crippen molar-refractivity contribution in [3.8, 4) is 0 Å². The fraction of sp³-hybridized carbons (Fsp3) is 0.571. The van der Waals surface area contributed by atoms with Crippen molar-refractivity contribution in [2.45, 2.75) is 50.5 Å². The summed E-state index contributed by atoms with van der Waals surface area (Å²) in [5.41, 5.74) is 10.6. The van der Waals surface area contributed by atoms with E-state index in [1.54, 1.807) is 11.1 Å². The Kier molecular flexibility index (Phi) is 2.28. The molecule has 0 aliphatic heterocycles. The van der Waals surface area contributed by atoms with Crippen molar-refractivity contribution < 1.29 is 0 Å². The molecule has 3 rings (SSSR count). The summed E-state index contributed by atoms with van der Waals surface area (Å²) in [5, 5.41) is 0. The van der Waals surface area contributed by atoms with Gasteiger partial charge in [0.25, 0.3) is 0 Å². The van der Waals surface area contributed by atoms with Crippen molar-refractivity contribution in [3.63, 3.8) is 0 Å². The normalized spacial score (nSPS) is 29.4. The molecule has 1 saturated carbocycles. The first-order valence-corrected chi connectivity index (χ1v) is 6.20. The van der Waals surface area contributed by atoms with Crippen LogP contribution in [0.15, 0.2) is 18.2 Å². The fourth-order valence-corrected chi connectivity index (χ4v) is 2.94. The van der Waals surface area contributed by atoms with Crippen LogP contribution in [0, 0.1) is 0 Å². The minimum Gasteiger partial charge on any atom is -0.328 e. The summed E-state index contributed by atoms with van der Waals surface area (Å²) in [7, 11) is 0. The van der Waals surface area contributed by atoms with E-state index >= 15 is 0 Å². The van der Waals surface area contributed by atoms with Crippen LogP contribution in [0.1, 0.15) is 48.3 Å². The predicted molar refractivity (Wildman–Crippen MR) is 63.0 cm³/mol. The number of benzene rings is 1. The summed E-state index contributed by atoms with van der Waals surface area (Å²) in [6.07, 6.45) is 7.72. The zero-order chi connectivity index (χ0) is 10.3. The van der Waals surface area contributed by atoms with E-state index in [-0.39, 0.29) is 0 Å². The molecule has 2 aliphatic rings. The van der Waals surface area contributed by atoms with Gasteiger partial charge < -0.3 is 5.73 Å². The number of hydrogen-bond donors (Lipinski definition) is 1. The van der Waals surface area contributed by atoms with E-state index in [9.17, 15) is 0 Å². The van der Waals surface area contributed by atoms with Gasteiger partial charge in [0, 0.05) is 6.04 Å². The van der Waals surface area contributed by atoms with Gasteiger partial charge in [-0.25, -0.2) is 0 Å². The van der Waals surface area contributed by atoms with Gasteiger partial charge in [0.1, 0.15) is 0 Å². The van der Waals surface area contributed by atoms with Crippen LogP contribution in [0.25, 0.3) is 0 Å². The van der Waals surface area contributed by atoms with Gasteiger partial charge in [-0.2, -0.15) is 0 Å². The lowest BCUT2D eigenvalue weighted by atomic mass is 9.75. The highest BCUT2D eigenvalue weighted by Crippen LogP contribution is 2.37. The Hall–Kier alpha value is -0.820. The zero-order valence-electron chi connectivity index (χ0n) is 9.21. The van der Waals surface area contributed by atoms with E-state index in [1.165, 1.54) is 44.1 Å². The van der Waals surface area contributed by atoms with Gasteiger partial charge in [0.05, 0.1) is 0 Å². The molecule has 0 aromatic heterocycles. The van der Waals surface area contributed by atoms with E-state index < -0.39 is 0 Å². The Bertz CT molecular complexity index is 364. The van der Waals surface area contributed by atoms with Gasteiger partial charge in [0.15, 0.2) is 0 Å². The second-order valence-corrected chi connectivity index (χ2v) is 5.16. The van der Waals surface area contributed by atoms with Gasteiger partial charge >= 0.3 is 0 Å². The molecule has 1 aromatic carbocycles. The van der Waals surface area contributed by atoms with Crippen molar-refractivity contribution in [2.24, 2.45) is 5.73 Å². The molecule has 0 amide bonds. The Labute approximate surface area is 91.7 Å². The summed E-state index contributed by atoms with van der Waals surface area (Å²) >= 11 is 0. The van der Waals surface area contributed by atoms with E-state index in [0.717, 1.165) is 5.92 Å². The smallest absolute Gasteiger partial charge is 0.00504 e. The lowest BCUT2D eigenvalue weighted by Gasteiger charge is -2.33. The third kappa shape index (κ3) is 1.69. The molecule has 0 bridgehead atoms. The Balaban J connectivity index is 1.85. The lowest BCUT2D eigenvalue weighted by molar-refractivity contribution is 0.351. The van der Waals surface area contributed by atoms with Crippen LogP contribution in [-0.2, 0) is 12.8 Å². The molecule has 0 radical (unpaired) electrons. The van der Waals surface area contributed by atoms with Crippen molar-refractivity contribution in [3.05, 3.63) is 34.9 Å². The number of aryl methyl sites for hydroxylation is 2.